The molecule has 3 rings (SSSR count). The van der Waals surface area contributed by atoms with Crippen LogP contribution in [0.15, 0.2) is 42.5 Å². The van der Waals surface area contributed by atoms with Gasteiger partial charge in [0.1, 0.15) is 0 Å². The normalized spacial score (nSPS) is 14.8. The lowest BCUT2D eigenvalue weighted by atomic mass is 10.1. The van der Waals surface area contributed by atoms with E-state index < -0.39 is 0 Å². The number of nitrogens with one attached hydrogen (secondary N) is 2. The highest BCUT2D eigenvalue weighted by atomic mass is 16.5. The number of rotatable bonds is 8. The molecule has 5 nitrogen and oxygen atoms in total. The molecular weight excluding hydrogens is 364 g/mol. The van der Waals surface area contributed by atoms with Crippen molar-refractivity contribution in [2.45, 2.75) is 58.0 Å². The van der Waals surface area contributed by atoms with Gasteiger partial charge in [-0.25, -0.2) is 0 Å². The van der Waals surface area contributed by atoms with Crippen molar-refractivity contribution in [2.75, 3.05) is 19.0 Å². The molecule has 5 heteroatoms. The maximum atomic E-state index is 12.2. The number of aryl methyl sites for hydroxylation is 1. The van der Waals surface area contributed by atoms with Crippen LogP contribution in [0.4, 0.5) is 5.69 Å². The average molecular weight is 397 g/mol. The zero-order chi connectivity index (χ0) is 20.5. The van der Waals surface area contributed by atoms with Gasteiger partial charge in [-0.3, -0.25) is 4.79 Å². The Kier molecular flexibility index (Phi) is 7.94. The monoisotopic (exact) mass is 396 g/mol. The largest absolute Gasteiger partial charge is 0.493 e. The van der Waals surface area contributed by atoms with Crippen molar-refractivity contribution < 1.29 is 14.3 Å². The summed E-state index contributed by atoms with van der Waals surface area (Å²) in [4.78, 5) is 12.2. The summed E-state index contributed by atoms with van der Waals surface area (Å²) in [5.41, 5.74) is 3.07. The lowest BCUT2D eigenvalue weighted by Crippen LogP contribution is -2.27. The smallest absolute Gasteiger partial charge is 0.262 e. The Balaban J connectivity index is 1.51. The molecule has 0 aliphatic heterocycles. The molecule has 1 amide bonds. The summed E-state index contributed by atoms with van der Waals surface area (Å²) in [5, 5.41) is 6.50. The van der Waals surface area contributed by atoms with Crippen LogP contribution in [0.3, 0.4) is 0 Å². The lowest BCUT2D eigenvalue weighted by Gasteiger charge is -2.17. The first-order valence-electron chi connectivity index (χ1n) is 10.5. The summed E-state index contributed by atoms with van der Waals surface area (Å²) in [7, 11) is 1.62. The molecule has 0 heterocycles. The van der Waals surface area contributed by atoms with E-state index in [9.17, 15) is 4.79 Å². The molecule has 0 saturated heterocycles. The predicted molar refractivity (Wildman–Crippen MR) is 117 cm³/mol. The van der Waals surface area contributed by atoms with Crippen molar-refractivity contribution >= 4 is 11.6 Å². The van der Waals surface area contributed by atoms with Gasteiger partial charge in [-0.2, -0.15) is 0 Å². The molecule has 1 fully saturated rings. The van der Waals surface area contributed by atoms with Gasteiger partial charge in [-0.05, 0) is 49.6 Å². The molecule has 1 aliphatic carbocycles. The van der Waals surface area contributed by atoms with E-state index in [1.54, 1.807) is 7.11 Å². The van der Waals surface area contributed by atoms with Crippen molar-refractivity contribution in [3.63, 3.8) is 0 Å². The number of amides is 1. The van der Waals surface area contributed by atoms with E-state index >= 15 is 0 Å². The number of benzene rings is 2. The molecule has 1 saturated carbocycles. The summed E-state index contributed by atoms with van der Waals surface area (Å²) in [6, 6.07) is 14.2. The van der Waals surface area contributed by atoms with Crippen LogP contribution >= 0.6 is 0 Å². The maximum Gasteiger partial charge on any atom is 0.262 e. The van der Waals surface area contributed by atoms with Gasteiger partial charge in [0.15, 0.2) is 18.1 Å². The fourth-order valence-corrected chi connectivity index (χ4v) is 3.66. The SMILES string of the molecule is COc1cc(CNC2CCCCCC2)ccc1OCC(=O)Nc1ccc(C)cc1. The van der Waals surface area contributed by atoms with Gasteiger partial charge in [0.2, 0.25) is 0 Å². The molecule has 156 valence electrons. The second-order valence-corrected chi connectivity index (χ2v) is 7.76. The Morgan fingerprint density at radius 1 is 1.00 bits per heavy atom. The van der Waals surface area contributed by atoms with Crippen LogP contribution < -0.4 is 20.1 Å². The van der Waals surface area contributed by atoms with E-state index in [1.807, 2.05) is 49.4 Å². The number of carbonyl (C=O) groups excluding carboxylic acids is 1. The van der Waals surface area contributed by atoms with E-state index in [0.717, 1.165) is 23.4 Å². The maximum absolute atomic E-state index is 12.2. The predicted octanol–water partition coefficient (Wildman–Crippen LogP) is 4.83. The standard InChI is InChI=1S/C24H32N2O3/c1-18-9-12-21(13-10-18)26-24(27)17-29-22-14-11-19(15-23(22)28-2)16-25-20-7-5-3-4-6-8-20/h9-15,20,25H,3-8,16-17H2,1-2H3,(H,26,27). The summed E-state index contributed by atoms with van der Waals surface area (Å²) in [5.74, 6) is 1.02. The summed E-state index contributed by atoms with van der Waals surface area (Å²) in [6.45, 7) is 2.76. The molecule has 29 heavy (non-hydrogen) atoms. The number of methoxy groups -OCH3 is 1. The molecule has 1 aliphatic rings. The van der Waals surface area contributed by atoms with Crippen molar-refractivity contribution in [1.29, 1.82) is 0 Å². The van der Waals surface area contributed by atoms with Crippen LogP contribution in [0.1, 0.15) is 49.7 Å². The van der Waals surface area contributed by atoms with Gasteiger partial charge in [0, 0.05) is 18.3 Å². The third-order valence-electron chi connectivity index (χ3n) is 5.37. The molecule has 0 radical (unpaired) electrons. The van der Waals surface area contributed by atoms with Gasteiger partial charge < -0.3 is 20.1 Å². The number of hydrogen-bond donors (Lipinski definition) is 2. The van der Waals surface area contributed by atoms with E-state index in [-0.39, 0.29) is 12.5 Å². The molecular formula is C24H32N2O3. The van der Waals surface area contributed by atoms with Crippen molar-refractivity contribution in [3.05, 3.63) is 53.6 Å². The summed E-state index contributed by atoms with van der Waals surface area (Å²) < 4.78 is 11.2. The molecule has 0 atom stereocenters. The van der Waals surface area contributed by atoms with Crippen molar-refractivity contribution in [3.8, 4) is 11.5 Å². The van der Waals surface area contributed by atoms with Gasteiger partial charge in [0.05, 0.1) is 7.11 Å². The summed E-state index contributed by atoms with van der Waals surface area (Å²) in [6.07, 6.45) is 7.87. The summed E-state index contributed by atoms with van der Waals surface area (Å²) >= 11 is 0. The third-order valence-corrected chi connectivity index (χ3v) is 5.37. The zero-order valence-corrected chi connectivity index (χ0v) is 17.5. The van der Waals surface area contributed by atoms with Crippen LogP contribution in [0.2, 0.25) is 0 Å². The molecule has 0 spiro atoms. The van der Waals surface area contributed by atoms with Gasteiger partial charge in [0.25, 0.3) is 5.91 Å². The van der Waals surface area contributed by atoms with Crippen LogP contribution in [0.25, 0.3) is 0 Å². The van der Waals surface area contributed by atoms with E-state index in [1.165, 1.54) is 38.5 Å². The topological polar surface area (TPSA) is 59.6 Å². The zero-order valence-electron chi connectivity index (χ0n) is 17.5. The molecule has 2 aromatic rings. The molecule has 2 aromatic carbocycles. The first-order valence-corrected chi connectivity index (χ1v) is 10.5. The number of ether oxygens (including phenoxy) is 2. The van der Waals surface area contributed by atoms with E-state index in [4.69, 9.17) is 9.47 Å². The number of carbonyl (C=O) groups is 1. The Morgan fingerprint density at radius 2 is 1.72 bits per heavy atom. The minimum absolute atomic E-state index is 0.0656. The van der Waals surface area contributed by atoms with Crippen molar-refractivity contribution in [2.24, 2.45) is 0 Å². The Morgan fingerprint density at radius 3 is 2.41 bits per heavy atom. The van der Waals surface area contributed by atoms with Gasteiger partial charge in [-0.15, -0.1) is 0 Å². The van der Waals surface area contributed by atoms with E-state index in [2.05, 4.69) is 10.6 Å². The fourth-order valence-electron chi connectivity index (χ4n) is 3.66. The van der Waals surface area contributed by atoms with Crippen LogP contribution in [0, 0.1) is 6.92 Å². The highest BCUT2D eigenvalue weighted by Gasteiger charge is 2.13. The molecule has 0 aromatic heterocycles. The highest BCUT2D eigenvalue weighted by Crippen LogP contribution is 2.28. The number of anilines is 1. The van der Waals surface area contributed by atoms with Crippen LogP contribution in [-0.4, -0.2) is 25.7 Å². The van der Waals surface area contributed by atoms with Crippen LogP contribution in [0.5, 0.6) is 11.5 Å². The first kappa shape index (κ1) is 21.2. The quantitative estimate of drug-likeness (QED) is 0.627. The van der Waals surface area contributed by atoms with Crippen molar-refractivity contribution in [1.82, 2.24) is 5.32 Å². The fraction of sp³-hybridized carbons (Fsp3) is 0.458. The lowest BCUT2D eigenvalue weighted by molar-refractivity contribution is -0.118. The van der Waals surface area contributed by atoms with Gasteiger partial charge >= 0.3 is 0 Å². The highest BCUT2D eigenvalue weighted by molar-refractivity contribution is 5.91. The first-order chi connectivity index (χ1) is 14.1. The molecule has 2 N–H and O–H groups in total. The third kappa shape index (κ3) is 6.79. The minimum Gasteiger partial charge on any atom is -0.493 e. The van der Waals surface area contributed by atoms with Gasteiger partial charge in [-0.1, -0.05) is 49.4 Å². The Labute approximate surface area is 173 Å². The average Bonchev–Trinajstić information content (AvgIpc) is 3.01. The Hall–Kier alpha value is -2.53. The van der Waals surface area contributed by atoms with E-state index in [0.29, 0.717) is 17.5 Å². The molecule has 0 bridgehead atoms. The molecule has 0 unspecified atom stereocenters. The van der Waals surface area contributed by atoms with Crippen LogP contribution in [-0.2, 0) is 11.3 Å². The second kappa shape index (κ2) is 10.9. The minimum atomic E-state index is -0.199. The number of hydrogen-bond acceptors (Lipinski definition) is 4. The Bertz CT molecular complexity index is 781. The second-order valence-electron chi connectivity index (χ2n) is 7.76.